The van der Waals surface area contributed by atoms with Gasteiger partial charge in [-0.3, -0.25) is 14.4 Å². The zero-order valence-corrected chi connectivity index (χ0v) is 38.3. The molecule has 0 atom stereocenters. The molecule has 0 unspecified atom stereocenters. The molecule has 0 aromatic carbocycles. The summed E-state index contributed by atoms with van der Waals surface area (Å²) in [4.78, 5) is 40.2. The van der Waals surface area contributed by atoms with Crippen molar-refractivity contribution in [3.8, 4) is 0 Å². The molecular weight excluding hydrogens is 699 g/mol. The summed E-state index contributed by atoms with van der Waals surface area (Å²) in [6.45, 7) is 11.5. The van der Waals surface area contributed by atoms with Crippen molar-refractivity contribution in [2.24, 2.45) is 17.8 Å². The van der Waals surface area contributed by atoms with Gasteiger partial charge in [-0.05, 0) is 83.7 Å². The lowest BCUT2D eigenvalue weighted by atomic mass is 9.92. The molecular formula is C49H95NO6. The van der Waals surface area contributed by atoms with Crippen molar-refractivity contribution in [1.29, 1.82) is 0 Å². The fourth-order valence-corrected chi connectivity index (χ4v) is 7.84. The Morgan fingerprint density at radius 2 is 0.714 bits per heavy atom. The molecule has 7 heteroatoms. The highest BCUT2D eigenvalue weighted by molar-refractivity contribution is 5.72. The molecule has 0 saturated carbocycles. The number of ether oxygens (including phenoxy) is 3. The summed E-state index contributed by atoms with van der Waals surface area (Å²) in [5, 5.41) is 0. The largest absolute Gasteiger partial charge is 0.466 e. The SMILES string of the molecule is CCCCCC(CCCCC)CC(=O)OCCCCCCCCC(CCCCCCCCOC(=O)CC(CCCCC)CCCCC)C(=O)OCCCN(C)C. The van der Waals surface area contributed by atoms with Gasteiger partial charge in [0.1, 0.15) is 0 Å². The van der Waals surface area contributed by atoms with Gasteiger partial charge in [0.05, 0.1) is 25.7 Å². The lowest BCUT2D eigenvalue weighted by Gasteiger charge is -2.17. The highest BCUT2D eigenvalue weighted by atomic mass is 16.5. The molecule has 0 aromatic heterocycles. The van der Waals surface area contributed by atoms with E-state index >= 15 is 0 Å². The fourth-order valence-electron chi connectivity index (χ4n) is 7.84. The van der Waals surface area contributed by atoms with Crippen LogP contribution in [0.4, 0.5) is 0 Å². The Kier molecular flexibility index (Phi) is 40.3. The molecule has 0 heterocycles. The molecule has 332 valence electrons. The maximum atomic E-state index is 13.1. The second-order valence-corrected chi connectivity index (χ2v) is 17.4. The van der Waals surface area contributed by atoms with Gasteiger partial charge in [0.2, 0.25) is 0 Å². The van der Waals surface area contributed by atoms with Crippen LogP contribution >= 0.6 is 0 Å². The van der Waals surface area contributed by atoms with Crippen molar-refractivity contribution >= 4 is 17.9 Å². The lowest BCUT2D eigenvalue weighted by molar-refractivity contribution is -0.149. The molecule has 0 rings (SSSR count). The van der Waals surface area contributed by atoms with Crippen LogP contribution in [0.5, 0.6) is 0 Å². The van der Waals surface area contributed by atoms with Crippen molar-refractivity contribution in [1.82, 2.24) is 4.90 Å². The third kappa shape index (κ3) is 36.7. The minimum atomic E-state index is -0.0108. The monoisotopic (exact) mass is 794 g/mol. The fraction of sp³-hybridized carbons (Fsp3) is 0.939. The van der Waals surface area contributed by atoms with E-state index in [2.05, 4.69) is 32.6 Å². The normalized spacial score (nSPS) is 11.7. The summed E-state index contributed by atoms with van der Waals surface area (Å²) in [5.41, 5.74) is 0. The zero-order chi connectivity index (χ0) is 41.3. The molecule has 0 aliphatic heterocycles. The number of rotatable bonds is 43. The van der Waals surface area contributed by atoms with Crippen LogP contribution in [-0.2, 0) is 28.6 Å². The number of carbonyl (C=O) groups is 3. The molecule has 0 aliphatic rings. The highest BCUT2D eigenvalue weighted by Gasteiger charge is 2.20. The average molecular weight is 794 g/mol. The van der Waals surface area contributed by atoms with E-state index in [1.807, 2.05) is 14.1 Å². The second kappa shape index (κ2) is 41.5. The van der Waals surface area contributed by atoms with E-state index in [0.717, 1.165) is 129 Å². The van der Waals surface area contributed by atoms with Gasteiger partial charge in [-0.25, -0.2) is 0 Å². The van der Waals surface area contributed by atoms with Gasteiger partial charge >= 0.3 is 17.9 Å². The Balaban J connectivity index is 4.33. The Labute approximate surface area is 348 Å². The summed E-state index contributed by atoms with van der Waals surface area (Å²) in [5.74, 6) is 0.941. The Bertz CT molecular complexity index is 803. The van der Waals surface area contributed by atoms with E-state index < -0.39 is 0 Å². The standard InChI is InChI=1S/C49H95NO6/c1-7-11-23-32-44(33-24-12-8-2)42-47(51)54-39-29-21-17-15-19-27-36-46(49(53)56-41-31-38-50(5)6)37-28-20-16-18-22-30-40-55-48(52)43-45(34-25-13-9-3)35-26-14-10-4/h44-46H,7-43H2,1-6H3. The molecule has 7 nitrogen and oxygen atoms in total. The van der Waals surface area contributed by atoms with Crippen molar-refractivity contribution in [2.45, 2.75) is 240 Å². The molecule has 0 saturated heterocycles. The minimum Gasteiger partial charge on any atom is -0.466 e. The van der Waals surface area contributed by atoms with E-state index in [9.17, 15) is 14.4 Å². The molecule has 0 N–H and O–H groups in total. The Morgan fingerprint density at radius 1 is 0.393 bits per heavy atom. The summed E-state index contributed by atoms with van der Waals surface area (Å²) in [6.07, 6.45) is 36.3. The summed E-state index contributed by atoms with van der Waals surface area (Å²) in [6, 6.07) is 0. The van der Waals surface area contributed by atoms with E-state index in [1.54, 1.807) is 0 Å². The van der Waals surface area contributed by atoms with Gasteiger partial charge in [0, 0.05) is 19.4 Å². The topological polar surface area (TPSA) is 82.1 Å². The molecule has 0 amide bonds. The molecule has 56 heavy (non-hydrogen) atoms. The van der Waals surface area contributed by atoms with Crippen LogP contribution in [-0.4, -0.2) is 63.3 Å². The van der Waals surface area contributed by atoms with Crippen LogP contribution in [0, 0.1) is 17.8 Å². The summed E-state index contributed by atoms with van der Waals surface area (Å²) >= 11 is 0. The van der Waals surface area contributed by atoms with E-state index in [1.165, 1.54) is 77.0 Å². The van der Waals surface area contributed by atoms with E-state index in [-0.39, 0.29) is 23.8 Å². The van der Waals surface area contributed by atoms with Crippen molar-refractivity contribution in [2.75, 3.05) is 40.5 Å². The number of esters is 3. The number of carbonyl (C=O) groups excluding carboxylic acids is 3. The lowest BCUT2D eigenvalue weighted by Crippen LogP contribution is -2.21. The van der Waals surface area contributed by atoms with Crippen LogP contribution < -0.4 is 0 Å². The van der Waals surface area contributed by atoms with Gasteiger partial charge < -0.3 is 19.1 Å². The molecule has 0 aromatic rings. The summed E-state index contributed by atoms with van der Waals surface area (Å²) in [7, 11) is 4.09. The smallest absolute Gasteiger partial charge is 0.308 e. The van der Waals surface area contributed by atoms with Gasteiger partial charge in [-0.15, -0.1) is 0 Å². The van der Waals surface area contributed by atoms with Gasteiger partial charge in [0.25, 0.3) is 0 Å². The predicted molar refractivity (Wildman–Crippen MR) is 237 cm³/mol. The second-order valence-electron chi connectivity index (χ2n) is 17.4. The van der Waals surface area contributed by atoms with Crippen molar-refractivity contribution in [3.63, 3.8) is 0 Å². The molecule has 0 fully saturated rings. The van der Waals surface area contributed by atoms with Crippen molar-refractivity contribution in [3.05, 3.63) is 0 Å². The molecule has 0 bridgehead atoms. The number of hydrogen-bond acceptors (Lipinski definition) is 7. The van der Waals surface area contributed by atoms with Crippen LogP contribution in [0.25, 0.3) is 0 Å². The van der Waals surface area contributed by atoms with Crippen LogP contribution in [0.2, 0.25) is 0 Å². The highest BCUT2D eigenvalue weighted by Crippen LogP contribution is 2.24. The maximum absolute atomic E-state index is 13.1. The van der Waals surface area contributed by atoms with Crippen LogP contribution in [0.15, 0.2) is 0 Å². The number of unbranched alkanes of at least 4 members (excludes halogenated alkanes) is 18. The first-order valence-electron chi connectivity index (χ1n) is 24.4. The first-order valence-corrected chi connectivity index (χ1v) is 24.4. The predicted octanol–water partition coefficient (Wildman–Crippen LogP) is 14.0. The molecule has 0 aliphatic carbocycles. The summed E-state index contributed by atoms with van der Waals surface area (Å²) < 4.78 is 17.0. The minimum absolute atomic E-state index is 0.00462. The van der Waals surface area contributed by atoms with E-state index in [0.29, 0.717) is 44.5 Å². The Hall–Kier alpha value is -1.63. The van der Waals surface area contributed by atoms with Crippen LogP contribution in [0.1, 0.15) is 240 Å². The molecule has 0 radical (unpaired) electrons. The first-order chi connectivity index (χ1) is 27.3. The quantitative estimate of drug-likeness (QED) is 0.0345. The van der Waals surface area contributed by atoms with Crippen molar-refractivity contribution < 1.29 is 28.6 Å². The third-order valence-corrected chi connectivity index (χ3v) is 11.5. The first kappa shape index (κ1) is 54.4. The van der Waals surface area contributed by atoms with E-state index in [4.69, 9.17) is 14.2 Å². The number of nitrogens with zero attached hydrogens (tertiary/aromatic N) is 1. The van der Waals surface area contributed by atoms with Gasteiger partial charge in [-0.2, -0.15) is 0 Å². The molecule has 0 spiro atoms. The Morgan fingerprint density at radius 3 is 1.07 bits per heavy atom. The van der Waals surface area contributed by atoms with Gasteiger partial charge in [-0.1, -0.05) is 169 Å². The van der Waals surface area contributed by atoms with Gasteiger partial charge in [0.15, 0.2) is 0 Å². The maximum Gasteiger partial charge on any atom is 0.308 e. The third-order valence-electron chi connectivity index (χ3n) is 11.5. The zero-order valence-electron chi connectivity index (χ0n) is 38.3. The van der Waals surface area contributed by atoms with Crippen LogP contribution in [0.3, 0.4) is 0 Å². The number of hydrogen-bond donors (Lipinski definition) is 0. The average Bonchev–Trinajstić information content (AvgIpc) is 3.17.